The van der Waals surface area contributed by atoms with Gasteiger partial charge in [0.2, 0.25) is 17.7 Å². The SMILES string of the molecule is Cc1ncc(-c2ccc3nc(NC(=O)CCCCOc4cncc(C(=O)N[C@H](C(=O)N5C[C@H](O)C[C@H]5C(=O)NCc5ccc(-c6scnc6C)cc5)C(C)(C)C)c4)sc3c2)cc1NC(=O)OC1CCCCC1. The maximum atomic E-state index is 14.2. The van der Waals surface area contributed by atoms with Gasteiger partial charge in [0.15, 0.2) is 5.13 Å². The van der Waals surface area contributed by atoms with Crippen molar-refractivity contribution in [3.63, 3.8) is 0 Å². The van der Waals surface area contributed by atoms with E-state index in [-0.39, 0.29) is 50.1 Å². The first-order valence-corrected chi connectivity index (χ1v) is 26.1. The van der Waals surface area contributed by atoms with Gasteiger partial charge in [0.05, 0.1) is 62.2 Å². The summed E-state index contributed by atoms with van der Waals surface area (Å²) in [5.41, 5.74) is 7.80. The maximum absolute atomic E-state index is 14.2. The number of likely N-dealkylation sites (tertiary alicyclic amines) is 1. The fraction of sp³-hybridized carbons (Fsp3) is 0.415. The number of aryl methyl sites for hydroxylation is 2. The Morgan fingerprint density at radius 2 is 1.65 bits per heavy atom. The Hall–Kier alpha value is -6.83. The Balaban J connectivity index is 0.790. The van der Waals surface area contributed by atoms with Crippen LogP contribution in [0.3, 0.4) is 0 Å². The average Bonchev–Trinajstić information content (AvgIpc) is 4.10. The highest BCUT2D eigenvalue weighted by molar-refractivity contribution is 7.22. The molecule has 0 unspecified atom stereocenters. The van der Waals surface area contributed by atoms with Crippen LogP contribution in [0.15, 0.2) is 78.7 Å². The first-order valence-electron chi connectivity index (χ1n) is 24.4. The first kappa shape index (κ1) is 51.5. The number of rotatable bonds is 17. The number of pyridine rings is 2. The zero-order chi connectivity index (χ0) is 50.9. The van der Waals surface area contributed by atoms with Crippen molar-refractivity contribution < 1.29 is 38.6 Å². The molecule has 2 fully saturated rings. The Labute approximate surface area is 426 Å². The van der Waals surface area contributed by atoms with Gasteiger partial charge in [-0.2, -0.15) is 0 Å². The molecule has 5 N–H and O–H groups in total. The molecule has 1 saturated carbocycles. The number of carbonyl (C=O) groups is 5. The highest BCUT2D eigenvalue weighted by Crippen LogP contribution is 2.33. The van der Waals surface area contributed by atoms with E-state index in [4.69, 9.17) is 9.47 Å². The van der Waals surface area contributed by atoms with E-state index >= 15 is 0 Å². The molecule has 1 aliphatic heterocycles. The Morgan fingerprint density at radius 3 is 2.40 bits per heavy atom. The molecule has 17 nitrogen and oxygen atoms in total. The van der Waals surface area contributed by atoms with Crippen molar-refractivity contribution in [1.82, 2.24) is 35.5 Å². The van der Waals surface area contributed by atoms with Gasteiger partial charge >= 0.3 is 6.09 Å². The fourth-order valence-electron chi connectivity index (χ4n) is 8.83. The van der Waals surface area contributed by atoms with Crippen molar-refractivity contribution in [2.24, 2.45) is 5.41 Å². The third-order valence-corrected chi connectivity index (χ3v) is 14.8. The van der Waals surface area contributed by atoms with Crippen molar-refractivity contribution in [2.45, 2.75) is 123 Å². The van der Waals surface area contributed by atoms with Crippen LogP contribution in [-0.4, -0.2) is 97.1 Å². The van der Waals surface area contributed by atoms with Gasteiger partial charge in [0.1, 0.15) is 23.9 Å². The fourth-order valence-corrected chi connectivity index (χ4v) is 10.6. The second-order valence-corrected chi connectivity index (χ2v) is 21.3. The van der Waals surface area contributed by atoms with Crippen LogP contribution in [0.2, 0.25) is 0 Å². The number of thiazole rings is 2. The number of aliphatic hydroxyl groups is 1. The molecule has 5 heterocycles. The van der Waals surface area contributed by atoms with Gasteiger partial charge in [-0.15, -0.1) is 11.3 Å². The number of carbonyl (C=O) groups excluding carboxylic acids is 5. The second kappa shape index (κ2) is 23.2. The van der Waals surface area contributed by atoms with Crippen LogP contribution in [0.5, 0.6) is 5.75 Å². The smallest absolute Gasteiger partial charge is 0.411 e. The number of benzene rings is 2. The van der Waals surface area contributed by atoms with E-state index in [1.54, 1.807) is 23.6 Å². The Morgan fingerprint density at radius 1 is 0.875 bits per heavy atom. The lowest BCUT2D eigenvalue weighted by Gasteiger charge is -2.35. The van der Waals surface area contributed by atoms with Gasteiger partial charge in [-0.25, -0.2) is 14.8 Å². The molecule has 1 aliphatic carbocycles. The van der Waals surface area contributed by atoms with Crippen LogP contribution < -0.4 is 26.0 Å². The van der Waals surface area contributed by atoms with Crippen LogP contribution in [0.4, 0.5) is 15.6 Å². The van der Waals surface area contributed by atoms with Crippen LogP contribution in [0.25, 0.3) is 31.8 Å². The van der Waals surface area contributed by atoms with Crippen LogP contribution in [0.1, 0.15) is 106 Å². The summed E-state index contributed by atoms with van der Waals surface area (Å²) in [6.07, 6.45) is 9.65. The quantitative estimate of drug-likeness (QED) is 0.0540. The minimum Gasteiger partial charge on any atom is -0.492 e. The summed E-state index contributed by atoms with van der Waals surface area (Å²) in [5.74, 6) is -1.26. The third-order valence-electron chi connectivity index (χ3n) is 12.8. The van der Waals surface area contributed by atoms with Gasteiger partial charge in [0, 0.05) is 43.9 Å². The number of unbranched alkanes of at least 4 members (excludes halogenated alkanes) is 1. The standard InChI is InChI=1S/C53H61N9O8S2/c1-31-42(59-52(68)70-39-11-7-6-8-12-39)22-36(27-55-31)35-18-19-41-44(23-35)72-51(58-41)60-45(64)13-9-10-20-69-40-21-37(26-54-28-40)48(65)61-47(53(3,4)5)50(67)62-29-38(63)24-43(62)49(66)56-25-33-14-16-34(17-15-33)46-32(2)57-30-71-46/h14-19,21-23,26-28,30,38-39,43,47,63H,6-13,20,24-25,29H2,1-5H3,(H,56,66)(H,59,68)(H,61,65)(H,58,60,64)/t38-,43+,47-/m1/s1. The number of aromatic nitrogens is 4. The summed E-state index contributed by atoms with van der Waals surface area (Å²) in [5, 5.41) is 22.7. The normalized spacial score (nSPS) is 16.5. The number of hydrogen-bond acceptors (Lipinski definition) is 14. The van der Waals surface area contributed by atoms with E-state index in [0.717, 1.165) is 68.7 Å². The highest BCUT2D eigenvalue weighted by Gasteiger charge is 2.44. The molecule has 4 aromatic heterocycles. The molecule has 8 rings (SSSR count). The lowest BCUT2D eigenvalue weighted by atomic mass is 9.85. The summed E-state index contributed by atoms with van der Waals surface area (Å²) >= 11 is 2.93. The lowest BCUT2D eigenvalue weighted by Crippen LogP contribution is -2.57. The van der Waals surface area contributed by atoms with Crippen molar-refractivity contribution >= 4 is 73.4 Å². The summed E-state index contributed by atoms with van der Waals surface area (Å²) < 4.78 is 12.5. The molecule has 6 aromatic rings. The minimum atomic E-state index is -1.04. The van der Waals surface area contributed by atoms with Gasteiger partial charge in [-0.3, -0.25) is 34.5 Å². The molecule has 0 spiro atoms. The van der Waals surface area contributed by atoms with Gasteiger partial charge in [-0.05, 0) is 98.7 Å². The average molecular weight is 1020 g/mol. The van der Waals surface area contributed by atoms with E-state index in [2.05, 4.69) is 41.2 Å². The molecule has 3 atom stereocenters. The first-order chi connectivity index (χ1) is 34.6. The number of β-amino-alcohol motifs (C(OH)–C–C–N with tert-alkyl or cyclic N) is 1. The largest absolute Gasteiger partial charge is 0.492 e. The molecule has 378 valence electrons. The molecule has 0 bridgehead atoms. The number of ether oxygens (including phenoxy) is 2. The number of amides is 5. The van der Waals surface area contributed by atoms with E-state index in [1.807, 2.05) is 88.7 Å². The summed E-state index contributed by atoms with van der Waals surface area (Å²) in [6.45, 7) is 9.71. The van der Waals surface area contributed by atoms with E-state index in [0.29, 0.717) is 35.1 Å². The van der Waals surface area contributed by atoms with E-state index in [9.17, 15) is 29.1 Å². The third kappa shape index (κ3) is 13.2. The summed E-state index contributed by atoms with van der Waals surface area (Å²) in [6, 6.07) is 15.1. The lowest BCUT2D eigenvalue weighted by molar-refractivity contribution is -0.142. The molecule has 0 radical (unpaired) electrons. The van der Waals surface area contributed by atoms with E-state index < -0.39 is 47.4 Å². The molecular weight excluding hydrogens is 955 g/mol. The summed E-state index contributed by atoms with van der Waals surface area (Å²) in [4.78, 5) is 87.2. The second-order valence-electron chi connectivity index (χ2n) is 19.5. The van der Waals surface area contributed by atoms with Crippen molar-refractivity contribution in [3.8, 4) is 27.3 Å². The molecule has 2 aromatic carbocycles. The number of nitrogens with zero attached hydrogens (tertiary/aromatic N) is 5. The molecular formula is C53H61N9O8S2. The maximum Gasteiger partial charge on any atom is 0.411 e. The topological polar surface area (TPSA) is 227 Å². The van der Waals surface area contributed by atoms with Crippen molar-refractivity contribution in [1.29, 1.82) is 0 Å². The molecule has 2 aliphatic rings. The summed E-state index contributed by atoms with van der Waals surface area (Å²) in [7, 11) is 0. The number of hydrogen-bond donors (Lipinski definition) is 5. The number of aliphatic hydroxyl groups excluding tert-OH is 1. The van der Waals surface area contributed by atoms with Crippen LogP contribution in [0, 0.1) is 19.3 Å². The van der Waals surface area contributed by atoms with Crippen LogP contribution in [-0.2, 0) is 25.7 Å². The molecule has 5 amide bonds. The Bertz CT molecular complexity index is 2910. The van der Waals surface area contributed by atoms with Crippen LogP contribution >= 0.6 is 22.7 Å². The predicted octanol–water partition coefficient (Wildman–Crippen LogP) is 8.99. The van der Waals surface area contributed by atoms with Crippen molar-refractivity contribution in [2.75, 3.05) is 23.8 Å². The molecule has 1 saturated heterocycles. The predicted molar refractivity (Wildman–Crippen MR) is 278 cm³/mol. The number of fused-ring (bicyclic) bond motifs is 1. The van der Waals surface area contributed by atoms with Crippen molar-refractivity contribution in [3.05, 3.63) is 101 Å². The monoisotopic (exact) mass is 1020 g/mol. The van der Waals surface area contributed by atoms with E-state index in [1.165, 1.54) is 35.1 Å². The number of anilines is 2. The molecule has 19 heteroatoms. The van der Waals surface area contributed by atoms with Gasteiger partial charge < -0.3 is 35.4 Å². The highest BCUT2D eigenvalue weighted by atomic mass is 32.1. The minimum absolute atomic E-state index is 0.0483. The zero-order valence-corrected chi connectivity index (χ0v) is 42.8. The molecule has 72 heavy (non-hydrogen) atoms. The van der Waals surface area contributed by atoms with Gasteiger partial charge in [-0.1, -0.05) is 68.9 Å². The zero-order valence-electron chi connectivity index (χ0n) is 41.2. The van der Waals surface area contributed by atoms with Gasteiger partial charge in [0.25, 0.3) is 5.91 Å². The number of nitrogens with one attached hydrogen (secondary N) is 4. The Kier molecular flexibility index (Phi) is 16.6.